The minimum absolute atomic E-state index is 0.0142. The third-order valence-corrected chi connectivity index (χ3v) is 2.58. The third kappa shape index (κ3) is 4.35. The number of ether oxygens (including phenoxy) is 2. The fraction of sp³-hybridized carbons (Fsp3) is 1.00. The first-order chi connectivity index (χ1) is 7.46. The normalized spacial score (nSPS) is 27.9. The van der Waals surface area contributed by atoms with Gasteiger partial charge in [0.1, 0.15) is 0 Å². The zero-order valence-electron chi connectivity index (χ0n) is 10.3. The van der Waals surface area contributed by atoms with Crippen LogP contribution in [0.5, 0.6) is 0 Å². The molecule has 1 rings (SSSR count). The molecule has 1 fully saturated rings. The lowest BCUT2D eigenvalue weighted by Gasteiger charge is -2.42. The maximum absolute atomic E-state index is 9.66. The van der Waals surface area contributed by atoms with Crippen LogP contribution in [0.4, 0.5) is 0 Å². The fourth-order valence-electron chi connectivity index (χ4n) is 2.19. The maximum Gasteiger partial charge on any atom is 0.0940 e. The van der Waals surface area contributed by atoms with Crippen LogP contribution in [0.1, 0.15) is 13.8 Å². The Bertz CT molecular complexity index is 210. The number of morpholine rings is 1. The summed E-state index contributed by atoms with van der Waals surface area (Å²) in [6.07, 6.45) is -0.656. The van der Waals surface area contributed by atoms with Gasteiger partial charge in [-0.1, -0.05) is 0 Å². The van der Waals surface area contributed by atoms with E-state index in [1.165, 1.54) is 0 Å². The highest BCUT2D eigenvalue weighted by molar-refractivity contribution is 4.84. The molecule has 1 aliphatic rings. The number of β-amino-alcohol motifs (C(OH)–C–C–N with tert-alkyl or cyclic N) is 1. The van der Waals surface area contributed by atoms with E-state index in [1.54, 1.807) is 7.11 Å². The van der Waals surface area contributed by atoms with Crippen LogP contribution in [0.25, 0.3) is 0 Å². The highest BCUT2D eigenvalue weighted by Crippen LogP contribution is 2.20. The molecular formula is C11H23NO4. The summed E-state index contributed by atoms with van der Waals surface area (Å²) in [5.74, 6) is 0. The Balaban J connectivity index is 2.46. The average molecular weight is 233 g/mol. The van der Waals surface area contributed by atoms with Crippen molar-refractivity contribution in [2.75, 3.05) is 40.0 Å². The first-order valence-corrected chi connectivity index (χ1v) is 5.65. The van der Waals surface area contributed by atoms with Gasteiger partial charge in [-0.2, -0.15) is 0 Å². The minimum Gasteiger partial charge on any atom is -0.394 e. The van der Waals surface area contributed by atoms with Crippen molar-refractivity contribution in [2.24, 2.45) is 0 Å². The van der Waals surface area contributed by atoms with E-state index in [0.717, 1.165) is 6.54 Å². The molecule has 0 saturated carbocycles. The number of methoxy groups -OCH3 is 1. The van der Waals surface area contributed by atoms with Crippen molar-refractivity contribution >= 4 is 0 Å². The van der Waals surface area contributed by atoms with E-state index in [1.807, 2.05) is 13.8 Å². The van der Waals surface area contributed by atoms with Gasteiger partial charge in [0.05, 0.1) is 31.0 Å². The lowest BCUT2D eigenvalue weighted by molar-refractivity contribution is -0.154. The Labute approximate surface area is 97.0 Å². The zero-order chi connectivity index (χ0) is 12.2. The van der Waals surface area contributed by atoms with Gasteiger partial charge < -0.3 is 19.7 Å². The monoisotopic (exact) mass is 233 g/mol. The second-order valence-electron chi connectivity index (χ2n) is 4.99. The molecule has 1 saturated heterocycles. The Morgan fingerprint density at radius 3 is 2.81 bits per heavy atom. The molecular weight excluding hydrogens is 210 g/mol. The number of rotatable bonds is 5. The molecule has 2 atom stereocenters. The molecule has 2 unspecified atom stereocenters. The Hall–Kier alpha value is -0.200. The van der Waals surface area contributed by atoms with E-state index in [0.29, 0.717) is 19.7 Å². The van der Waals surface area contributed by atoms with Gasteiger partial charge in [0, 0.05) is 26.7 Å². The van der Waals surface area contributed by atoms with Crippen molar-refractivity contribution in [2.45, 2.75) is 31.7 Å². The highest BCUT2D eigenvalue weighted by Gasteiger charge is 2.33. The van der Waals surface area contributed by atoms with Crippen molar-refractivity contribution in [3.8, 4) is 0 Å². The van der Waals surface area contributed by atoms with Crippen LogP contribution in [-0.2, 0) is 9.47 Å². The second kappa shape index (κ2) is 5.93. The van der Waals surface area contributed by atoms with E-state index in [9.17, 15) is 5.11 Å². The fourth-order valence-corrected chi connectivity index (χ4v) is 2.19. The average Bonchev–Trinajstić information content (AvgIpc) is 2.15. The van der Waals surface area contributed by atoms with Crippen LogP contribution in [0, 0.1) is 0 Å². The number of nitrogens with zero attached hydrogens (tertiary/aromatic N) is 1. The molecule has 1 aliphatic heterocycles. The van der Waals surface area contributed by atoms with Gasteiger partial charge in [0.15, 0.2) is 0 Å². The zero-order valence-corrected chi connectivity index (χ0v) is 10.3. The van der Waals surface area contributed by atoms with Gasteiger partial charge in [-0.05, 0) is 13.8 Å². The van der Waals surface area contributed by atoms with Gasteiger partial charge in [0.2, 0.25) is 0 Å². The first kappa shape index (κ1) is 13.9. The largest absolute Gasteiger partial charge is 0.394 e. The molecule has 2 N–H and O–H groups in total. The predicted octanol–water partition coefficient (Wildman–Crippen LogP) is -0.535. The molecule has 0 aromatic rings. The molecule has 96 valence electrons. The first-order valence-electron chi connectivity index (χ1n) is 5.65. The second-order valence-corrected chi connectivity index (χ2v) is 4.99. The molecule has 1 heterocycles. The van der Waals surface area contributed by atoms with Crippen molar-refractivity contribution in [3.05, 3.63) is 0 Å². The predicted molar refractivity (Wildman–Crippen MR) is 60.4 cm³/mol. The van der Waals surface area contributed by atoms with Gasteiger partial charge in [-0.25, -0.2) is 0 Å². The smallest absolute Gasteiger partial charge is 0.0940 e. The van der Waals surface area contributed by atoms with Crippen molar-refractivity contribution in [3.63, 3.8) is 0 Å². The topological polar surface area (TPSA) is 62.2 Å². The maximum atomic E-state index is 9.66. The SMILES string of the molecule is COCC(O)CN1CC(CO)OC(C)(C)C1. The summed E-state index contributed by atoms with van der Waals surface area (Å²) >= 11 is 0. The summed E-state index contributed by atoms with van der Waals surface area (Å²) in [6, 6.07) is 0. The number of aliphatic hydroxyl groups is 2. The van der Waals surface area contributed by atoms with E-state index >= 15 is 0 Å². The summed E-state index contributed by atoms with van der Waals surface area (Å²) in [6.45, 7) is 6.29. The summed E-state index contributed by atoms with van der Waals surface area (Å²) < 4.78 is 10.6. The van der Waals surface area contributed by atoms with Crippen LogP contribution >= 0.6 is 0 Å². The third-order valence-electron chi connectivity index (χ3n) is 2.58. The van der Waals surface area contributed by atoms with E-state index in [4.69, 9.17) is 14.6 Å². The Kier molecular flexibility index (Phi) is 5.14. The summed E-state index contributed by atoms with van der Waals surface area (Å²) in [5, 5.41) is 18.8. The Morgan fingerprint density at radius 2 is 2.25 bits per heavy atom. The quantitative estimate of drug-likeness (QED) is 0.668. The molecule has 5 nitrogen and oxygen atoms in total. The molecule has 0 spiro atoms. The van der Waals surface area contributed by atoms with E-state index in [-0.39, 0.29) is 18.3 Å². The van der Waals surface area contributed by atoms with Crippen LogP contribution in [0.2, 0.25) is 0 Å². The van der Waals surface area contributed by atoms with Gasteiger partial charge in [-0.15, -0.1) is 0 Å². The van der Waals surface area contributed by atoms with Crippen LogP contribution in [-0.4, -0.2) is 72.9 Å². The lowest BCUT2D eigenvalue weighted by atomic mass is 10.0. The number of hydrogen-bond donors (Lipinski definition) is 2. The van der Waals surface area contributed by atoms with Crippen LogP contribution in [0.3, 0.4) is 0 Å². The summed E-state index contributed by atoms with van der Waals surface area (Å²) in [4.78, 5) is 2.11. The van der Waals surface area contributed by atoms with Crippen LogP contribution < -0.4 is 0 Å². The molecule has 0 aromatic heterocycles. The summed E-state index contributed by atoms with van der Waals surface area (Å²) in [5.41, 5.74) is -0.279. The van der Waals surface area contributed by atoms with Gasteiger partial charge >= 0.3 is 0 Å². The molecule has 5 heteroatoms. The molecule has 0 aromatic carbocycles. The minimum atomic E-state index is -0.488. The van der Waals surface area contributed by atoms with Gasteiger partial charge in [-0.3, -0.25) is 4.90 Å². The molecule has 0 amide bonds. The van der Waals surface area contributed by atoms with E-state index in [2.05, 4.69) is 4.90 Å². The summed E-state index contributed by atoms with van der Waals surface area (Å²) in [7, 11) is 1.57. The molecule has 0 aliphatic carbocycles. The van der Waals surface area contributed by atoms with Crippen LogP contribution in [0.15, 0.2) is 0 Å². The molecule has 0 bridgehead atoms. The van der Waals surface area contributed by atoms with Crippen molar-refractivity contribution in [1.29, 1.82) is 0 Å². The standard InChI is InChI=1S/C11H23NO4/c1-11(2)8-12(4-9(14)7-15-3)5-10(6-13)16-11/h9-10,13-14H,4-8H2,1-3H3. The molecule has 16 heavy (non-hydrogen) atoms. The highest BCUT2D eigenvalue weighted by atomic mass is 16.5. The van der Waals surface area contributed by atoms with Crippen molar-refractivity contribution in [1.82, 2.24) is 4.90 Å². The number of aliphatic hydroxyl groups excluding tert-OH is 2. The van der Waals surface area contributed by atoms with Crippen molar-refractivity contribution < 1.29 is 19.7 Å². The number of hydrogen-bond acceptors (Lipinski definition) is 5. The molecule has 0 radical (unpaired) electrons. The lowest BCUT2D eigenvalue weighted by Crippen LogP contribution is -2.55. The van der Waals surface area contributed by atoms with Gasteiger partial charge in [0.25, 0.3) is 0 Å². The van der Waals surface area contributed by atoms with E-state index < -0.39 is 6.10 Å². The Morgan fingerprint density at radius 1 is 1.56 bits per heavy atom.